The van der Waals surface area contributed by atoms with E-state index in [4.69, 9.17) is 9.15 Å². The third kappa shape index (κ3) is 2.31. The summed E-state index contributed by atoms with van der Waals surface area (Å²) in [7, 11) is 1.66. The van der Waals surface area contributed by atoms with Crippen LogP contribution in [0.3, 0.4) is 0 Å². The van der Waals surface area contributed by atoms with Crippen molar-refractivity contribution in [3.05, 3.63) is 24.1 Å². The molecule has 0 spiro atoms. The maximum absolute atomic E-state index is 5.87. The van der Waals surface area contributed by atoms with Gasteiger partial charge in [0, 0.05) is 26.2 Å². The molecule has 5 nitrogen and oxygen atoms in total. The van der Waals surface area contributed by atoms with Crippen molar-refractivity contribution >= 4 is 11.1 Å². The molecule has 0 bridgehead atoms. The Hall–Kier alpha value is -1.59. The fraction of sp³-hybridized carbons (Fsp3) is 0.500. The van der Waals surface area contributed by atoms with E-state index in [1.54, 1.807) is 7.11 Å². The van der Waals surface area contributed by atoms with Crippen LogP contribution in [0.4, 0.5) is 0 Å². The van der Waals surface area contributed by atoms with Gasteiger partial charge in [-0.05, 0) is 19.1 Å². The summed E-state index contributed by atoms with van der Waals surface area (Å²) in [5.74, 6) is 1.53. The molecular weight excluding hydrogens is 242 g/mol. The Morgan fingerprint density at radius 2 is 2.16 bits per heavy atom. The van der Waals surface area contributed by atoms with Crippen LogP contribution >= 0.6 is 0 Å². The zero-order valence-corrected chi connectivity index (χ0v) is 11.3. The van der Waals surface area contributed by atoms with E-state index in [0.717, 1.165) is 48.9 Å². The van der Waals surface area contributed by atoms with Gasteiger partial charge in [-0.2, -0.15) is 0 Å². The smallest absolute Gasteiger partial charge is 0.212 e. The maximum atomic E-state index is 5.87. The number of hydrogen-bond donors (Lipinski definition) is 1. The molecule has 1 atom stereocenters. The average molecular weight is 261 g/mol. The summed E-state index contributed by atoms with van der Waals surface area (Å²) < 4.78 is 11.2. The van der Waals surface area contributed by atoms with E-state index < -0.39 is 0 Å². The Bertz CT molecular complexity index is 561. The Morgan fingerprint density at radius 1 is 1.37 bits per heavy atom. The second-order valence-corrected chi connectivity index (χ2v) is 4.82. The number of rotatable bonds is 3. The average Bonchev–Trinajstić information content (AvgIpc) is 2.91. The minimum absolute atomic E-state index is 0.194. The number of hydrogen-bond acceptors (Lipinski definition) is 5. The summed E-state index contributed by atoms with van der Waals surface area (Å²) in [6, 6.07) is 5.95. The van der Waals surface area contributed by atoms with Gasteiger partial charge in [0.1, 0.15) is 5.75 Å². The molecule has 1 unspecified atom stereocenters. The zero-order valence-electron chi connectivity index (χ0n) is 11.3. The lowest BCUT2D eigenvalue weighted by molar-refractivity contribution is 0.164. The number of nitrogens with one attached hydrogen (secondary N) is 1. The molecule has 1 N–H and O–H groups in total. The lowest BCUT2D eigenvalue weighted by atomic mass is 10.2. The monoisotopic (exact) mass is 261 g/mol. The first-order valence-electron chi connectivity index (χ1n) is 6.68. The van der Waals surface area contributed by atoms with Crippen molar-refractivity contribution in [1.82, 2.24) is 15.2 Å². The first-order chi connectivity index (χ1) is 9.29. The van der Waals surface area contributed by atoms with Gasteiger partial charge in [-0.1, -0.05) is 6.07 Å². The maximum Gasteiger partial charge on any atom is 0.212 e. The molecule has 19 heavy (non-hydrogen) atoms. The van der Waals surface area contributed by atoms with Crippen LogP contribution < -0.4 is 10.1 Å². The minimum Gasteiger partial charge on any atom is -0.494 e. The van der Waals surface area contributed by atoms with E-state index in [0.29, 0.717) is 0 Å². The minimum atomic E-state index is 0.194. The van der Waals surface area contributed by atoms with Gasteiger partial charge < -0.3 is 14.5 Å². The van der Waals surface area contributed by atoms with Crippen molar-refractivity contribution in [1.29, 1.82) is 0 Å². The van der Waals surface area contributed by atoms with Gasteiger partial charge in [0.2, 0.25) is 5.89 Å². The molecule has 0 amide bonds. The van der Waals surface area contributed by atoms with Gasteiger partial charge in [0.05, 0.1) is 13.2 Å². The largest absolute Gasteiger partial charge is 0.494 e. The molecule has 5 heteroatoms. The lowest BCUT2D eigenvalue weighted by Gasteiger charge is -2.30. The molecule has 0 radical (unpaired) electrons. The van der Waals surface area contributed by atoms with E-state index in [9.17, 15) is 0 Å². The van der Waals surface area contributed by atoms with Crippen LogP contribution in [0, 0.1) is 0 Å². The number of piperazine rings is 1. The Balaban J connectivity index is 1.92. The summed E-state index contributed by atoms with van der Waals surface area (Å²) >= 11 is 0. The topological polar surface area (TPSA) is 50.5 Å². The van der Waals surface area contributed by atoms with Crippen molar-refractivity contribution in [2.24, 2.45) is 0 Å². The van der Waals surface area contributed by atoms with Crippen LogP contribution in [0.25, 0.3) is 11.1 Å². The predicted molar refractivity (Wildman–Crippen MR) is 73.4 cm³/mol. The highest BCUT2D eigenvalue weighted by Crippen LogP contribution is 2.29. The highest BCUT2D eigenvalue weighted by molar-refractivity contribution is 5.79. The molecule has 102 valence electrons. The summed E-state index contributed by atoms with van der Waals surface area (Å²) in [6.07, 6.45) is 0. The zero-order chi connectivity index (χ0) is 13.2. The molecule has 1 aliphatic rings. The van der Waals surface area contributed by atoms with Crippen molar-refractivity contribution in [2.45, 2.75) is 13.0 Å². The van der Waals surface area contributed by atoms with Crippen molar-refractivity contribution < 1.29 is 9.15 Å². The third-order valence-electron chi connectivity index (χ3n) is 3.68. The third-order valence-corrected chi connectivity index (χ3v) is 3.68. The van der Waals surface area contributed by atoms with E-state index in [-0.39, 0.29) is 6.04 Å². The molecule has 0 aliphatic carbocycles. The van der Waals surface area contributed by atoms with E-state index in [1.807, 2.05) is 18.2 Å². The first-order valence-corrected chi connectivity index (χ1v) is 6.68. The highest BCUT2D eigenvalue weighted by Gasteiger charge is 2.23. The van der Waals surface area contributed by atoms with E-state index in [1.165, 1.54) is 0 Å². The standard InChI is InChI=1S/C14H19N3O2/c1-10(17-8-6-15-7-9-17)14-16-13-11(18-2)4-3-5-12(13)19-14/h3-5,10,15H,6-9H2,1-2H3. The highest BCUT2D eigenvalue weighted by atomic mass is 16.5. The molecule has 1 fully saturated rings. The van der Waals surface area contributed by atoms with Gasteiger partial charge in [-0.25, -0.2) is 4.98 Å². The van der Waals surface area contributed by atoms with Gasteiger partial charge in [0.25, 0.3) is 0 Å². The van der Waals surface area contributed by atoms with Crippen molar-refractivity contribution in [3.63, 3.8) is 0 Å². The lowest BCUT2D eigenvalue weighted by Crippen LogP contribution is -2.44. The molecule has 3 rings (SSSR count). The van der Waals surface area contributed by atoms with E-state index in [2.05, 4.69) is 22.1 Å². The molecule has 1 saturated heterocycles. The van der Waals surface area contributed by atoms with Crippen molar-refractivity contribution in [2.75, 3.05) is 33.3 Å². The molecule has 0 saturated carbocycles. The number of benzene rings is 1. The van der Waals surface area contributed by atoms with Gasteiger partial charge in [-0.15, -0.1) is 0 Å². The van der Waals surface area contributed by atoms with Crippen LogP contribution in [0.5, 0.6) is 5.75 Å². The molecular formula is C14H19N3O2. The van der Waals surface area contributed by atoms with Gasteiger partial charge in [-0.3, -0.25) is 4.90 Å². The number of nitrogens with zero attached hydrogens (tertiary/aromatic N) is 2. The number of ether oxygens (including phenoxy) is 1. The predicted octanol–water partition coefficient (Wildman–Crippen LogP) is 1.80. The summed E-state index contributed by atoms with van der Waals surface area (Å²) in [4.78, 5) is 6.99. The number of methoxy groups -OCH3 is 1. The van der Waals surface area contributed by atoms with Crippen molar-refractivity contribution in [3.8, 4) is 5.75 Å². The number of para-hydroxylation sites is 1. The number of fused-ring (bicyclic) bond motifs is 1. The van der Waals surface area contributed by atoms with Gasteiger partial charge >= 0.3 is 0 Å². The fourth-order valence-corrected chi connectivity index (χ4v) is 2.51. The Kier molecular flexibility index (Phi) is 3.40. The normalized spacial score (nSPS) is 18.6. The summed E-state index contributed by atoms with van der Waals surface area (Å²) in [6.45, 7) is 6.23. The van der Waals surface area contributed by atoms with Crippen LogP contribution in [-0.2, 0) is 0 Å². The molecule has 2 aromatic rings. The second-order valence-electron chi connectivity index (χ2n) is 4.82. The molecule has 1 aliphatic heterocycles. The van der Waals surface area contributed by atoms with Crippen LogP contribution in [-0.4, -0.2) is 43.2 Å². The number of aromatic nitrogens is 1. The number of oxazole rings is 1. The molecule has 1 aromatic heterocycles. The van der Waals surface area contributed by atoms with E-state index >= 15 is 0 Å². The SMILES string of the molecule is COc1cccc2oc(C(C)N3CCNCC3)nc12. The fourth-order valence-electron chi connectivity index (χ4n) is 2.51. The first kappa shape index (κ1) is 12.4. The van der Waals surface area contributed by atoms with Crippen LogP contribution in [0.15, 0.2) is 22.6 Å². The van der Waals surface area contributed by atoms with Gasteiger partial charge in [0.15, 0.2) is 11.1 Å². The molecule has 2 heterocycles. The summed E-state index contributed by atoms with van der Waals surface area (Å²) in [5.41, 5.74) is 1.60. The molecule has 1 aromatic carbocycles. The Labute approximate surface area is 112 Å². The second kappa shape index (κ2) is 5.19. The summed E-state index contributed by atoms with van der Waals surface area (Å²) in [5, 5.41) is 3.35. The van der Waals surface area contributed by atoms with Crippen LogP contribution in [0.1, 0.15) is 18.9 Å². The van der Waals surface area contributed by atoms with Crippen LogP contribution in [0.2, 0.25) is 0 Å². The quantitative estimate of drug-likeness (QED) is 0.913. The Morgan fingerprint density at radius 3 is 2.89 bits per heavy atom.